The molecule has 3 aromatic rings. The number of hydrogen-bond donors (Lipinski definition) is 5. The number of halogens is 4. The highest BCUT2D eigenvalue weighted by molar-refractivity contribution is 5.92. The van der Waals surface area contributed by atoms with Gasteiger partial charge in [0.2, 0.25) is 0 Å². The minimum atomic E-state index is -1.05. The first-order valence-corrected chi connectivity index (χ1v) is 36.4. The molecule has 0 radical (unpaired) electrons. The Morgan fingerprint density at radius 1 is 0.402 bits per heavy atom. The summed E-state index contributed by atoms with van der Waals surface area (Å²) < 4.78 is 23.2. The molecule has 11 rings (SSSR count). The van der Waals surface area contributed by atoms with E-state index in [1.165, 1.54) is 198 Å². The molecule has 97 heavy (non-hydrogen) atoms. The van der Waals surface area contributed by atoms with E-state index in [4.69, 9.17) is 35.5 Å². The van der Waals surface area contributed by atoms with Crippen molar-refractivity contribution in [3.05, 3.63) is 72.9 Å². The Bertz CT molecular complexity index is 2360. The van der Waals surface area contributed by atoms with Gasteiger partial charge in [-0.05, 0) is 180 Å². The molecule has 4 saturated heterocycles. The molecule has 12 atom stereocenters. The van der Waals surface area contributed by atoms with Gasteiger partial charge in [0.15, 0.2) is 5.69 Å². The Balaban J connectivity index is 0.000000322. The largest absolute Gasteiger partial charge is 0.476 e. The van der Waals surface area contributed by atoms with Crippen molar-refractivity contribution < 1.29 is 38.4 Å². The summed E-state index contributed by atoms with van der Waals surface area (Å²) in [4.78, 5) is 68.5. The highest BCUT2D eigenvalue weighted by atomic mass is 35.5. The van der Waals surface area contributed by atoms with Gasteiger partial charge in [0.05, 0.1) is 43.0 Å². The molecule has 554 valence electrons. The van der Waals surface area contributed by atoms with Crippen molar-refractivity contribution in [3.8, 4) is 0 Å². The molecule has 4 aliphatic heterocycles. The number of likely N-dealkylation sites (tertiary alicyclic amines) is 4. The number of aromatic carboxylic acids is 1. The fourth-order valence-electron chi connectivity index (χ4n) is 15.4. The van der Waals surface area contributed by atoms with Crippen LogP contribution in [0.1, 0.15) is 213 Å². The number of hydrogen-bond acceptors (Lipinski definition) is 19. The van der Waals surface area contributed by atoms with Gasteiger partial charge in [0, 0.05) is 140 Å². The Labute approximate surface area is 606 Å². The maximum Gasteiger partial charge on any atom is 0.356 e. The van der Waals surface area contributed by atoms with Crippen LogP contribution in [0.15, 0.2) is 55.8 Å². The normalized spacial score (nSPS) is 27.8. The summed E-state index contributed by atoms with van der Waals surface area (Å²) in [5, 5.41) is 14.7. The number of carboxylic acids is 1. The van der Waals surface area contributed by atoms with Crippen molar-refractivity contribution in [1.29, 1.82) is 0 Å². The lowest BCUT2D eigenvalue weighted by Crippen LogP contribution is -2.49. The van der Waals surface area contributed by atoms with Gasteiger partial charge >= 0.3 is 5.97 Å². The van der Waals surface area contributed by atoms with E-state index in [0.29, 0.717) is 59.7 Å². The van der Waals surface area contributed by atoms with Gasteiger partial charge in [-0.25, -0.2) is 19.7 Å². The third-order valence-corrected chi connectivity index (χ3v) is 20.2. The van der Waals surface area contributed by atoms with E-state index in [2.05, 4.69) is 87.8 Å². The molecule has 4 aliphatic carbocycles. The summed E-state index contributed by atoms with van der Waals surface area (Å²) in [7, 11) is 0. The summed E-state index contributed by atoms with van der Waals surface area (Å²) >= 11 is 0. The molecule has 7 N–H and O–H groups in total. The smallest absolute Gasteiger partial charge is 0.356 e. The van der Waals surface area contributed by atoms with Crippen molar-refractivity contribution in [2.75, 3.05) is 105 Å². The molecule has 22 nitrogen and oxygen atoms in total. The second-order valence-corrected chi connectivity index (χ2v) is 27.2. The number of aromatic nitrogens is 6. The molecule has 0 spiro atoms. The average molecular weight is 1440 g/mol. The summed E-state index contributed by atoms with van der Waals surface area (Å²) in [6, 6.07) is 1.35. The predicted octanol–water partition coefficient (Wildman–Crippen LogP) is 10.4. The van der Waals surface area contributed by atoms with Crippen molar-refractivity contribution in [2.24, 2.45) is 35.1 Å². The third-order valence-electron chi connectivity index (χ3n) is 20.2. The zero-order valence-corrected chi connectivity index (χ0v) is 62.2. The van der Waals surface area contributed by atoms with Crippen LogP contribution in [0.3, 0.4) is 0 Å². The number of amides is 2. The maximum atomic E-state index is 12.4. The van der Waals surface area contributed by atoms with Gasteiger partial charge < -0.3 is 65.8 Å². The number of piperidine rings is 4. The Morgan fingerprint density at radius 2 is 0.680 bits per heavy atom. The Kier molecular flexibility index (Phi) is 45.8. The molecule has 7 heterocycles. The maximum absolute atomic E-state index is 12.4. The van der Waals surface area contributed by atoms with E-state index >= 15 is 0 Å². The van der Waals surface area contributed by atoms with Gasteiger partial charge in [0.25, 0.3) is 11.8 Å². The zero-order valence-electron chi connectivity index (χ0n) is 59.0. The van der Waals surface area contributed by atoms with Gasteiger partial charge in [-0.2, -0.15) is 0 Å². The minimum absolute atomic E-state index is 0. The van der Waals surface area contributed by atoms with Crippen molar-refractivity contribution in [2.45, 2.75) is 230 Å². The van der Waals surface area contributed by atoms with Crippen LogP contribution in [0.25, 0.3) is 0 Å². The summed E-state index contributed by atoms with van der Waals surface area (Å²) in [6.45, 7) is 25.2. The SMILES string of the molecule is CCO[C@@H]1CCCN(C[C@@H]2CCCC[C@H]2N)C1.CCO[C@@H]1CCCN(C[C@@H]2CCCC[C@H]2NC(=O)c2cnccn2)C1.CCO[C@@H]1CCCN(C[C@H]2CCCC[C@@H]2N)C1.CCO[C@@H]1CCCN(C[C@H]2CCCC[C@@H]2NC(=O)c2cnccn2)C1.Cl.Cl.Cl.Cl.O=C(O)c1cnccn1. The molecule has 3 aromatic heterocycles. The van der Waals surface area contributed by atoms with Crippen LogP contribution < -0.4 is 22.1 Å². The minimum Gasteiger partial charge on any atom is -0.476 e. The number of ether oxygens (including phenoxy) is 4. The highest BCUT2D eigenvalue weighted by Crippen LogP contribution is 2.31. The third kappa shape index (κ3) is 32.5. The lowest BCUT2D eigenvalue weighted by atomic mass is 9.83. The number of carbonyl (C=O) groups is 3. The second kappa shape index (κ2) is 50.7. The van der Waals surface area contributed by atoms with E-state index in [-0.39, 0.29) is 79.2 Å². The Morgan fingerprint density at radius 3 is 0.948 bits per heavy atom. The fourth-order valence-corrected chi connectivity index (χ4v) is 15.4. The van der Waals surface area contributed by atoms with Gasteiger partial charge in [0.1, 0.15) is 11.4 Å². The number of carbonyl (C=O) groups excluding carboxylic acids is 2. The monoisotopic (exact) mass is 1440 g/mol. The molecule has 8 fully saturated rings. The molecular weight excluding hydrogens is 1320 g/mol. The first kappa shape index (κ1) is 87.6. The number of rotatable bonds is 21. The van der Waals surface area contributed by atoms with Crippen LogP contribution >= 0.6 is 49.6 Å². The number of nitrogens with zero attached hydrogens (tertiary/aromatic N) is 10. The van der Waals surface area contributed by atoms with Crippen LogP contribution in [-0.4, -0.2) is 226 Å². The summed E-state index contributed by atoms with van der Waals surface area (Å²) in [5.41, 5.74) is 13.2. The second-order valence-electron chi connectivity index (χ2n) is 27.2. The highest BCUT2D eigenvalue weighted by Gasteiger charge is 2.34. The molecule has 4 saturated carbocycles. The molecule has 8 aliphatic rings. The van der Waals surface area contributed by atoms with E-state index in [1.54, 1.807) is 24.8 Å². The number of carboxylic acid groups (broad SMARTS) is 1. The van der Waals surface area contributed by atoms with Crippen LogP contribution in [0.5, 0.6) is 0 Å². The summed E-state index contributed by atoms with van der Waals surface area (Å²) in [6.07, 6.45) is 44.7. The molecule has 0 unspecified atom stereocenters. The number of nitrogens with one attached hydrogen (secondary N) is 2. The summed E-state index contributed by atoms with van der Waals surface area (Å²) in [5.74, 6) is 1.22. The molecular formula is C71H124Cl4N14O8. The van der Waals surface area contributed by atoms with Gasteiger partial charge in [-0.3, -0.25) is 24.5 Å². The predicted molar refractivity (Wildman–Crippen MR) is 393 cm³/mol. The van der Waals surface area contributed by atoms with Gasteiger partial charge in [-0.1, -0.05) is 51.4 Å². The number of nitrogens with two attached hydrogens (primary N) is 2. The fraction of sp³-hybridized carbons (Fsp3) is 0.789. The van der Waals surface area contributed by atoms with Crippen LogP contribution in [0, 0.1) is 23.7 Å². The van der Waals surface area contributed by atoms with E-state index in [9.17, 15) is 14.4 Å². The van der Waals surface area contributed by atoms with Crippen LogP contribution in [0.2, 0.25) is 0 Å². The van der Waals surface area contributed by atoms with Crippen LogP contribution in [-0.2, 0) is 18.9 Å². The zero-order chi connectivity index (χ0) is 65.8. The molecule has 0 bridgehead atoms. The van der Waals surface area contributed by atoms with Crippen LogP contribution in [0.4, 0.5) is 0 Å². The van der Waals surface area contributed by atoms with E-state index in [0.717, 1.165) is 103 Å². The van der Waals surface area contributed by atoms with Crippen molar-refractivity contribution >= 4 is 67.4 Å². The first-order valence-electron chi connectivity index (χ1n) is 36.4. The topological polar surface area (TPSA) is 275 Å². The van der Waals surface area contributed by atoms with Crippen molar-refractivity contribution in [1.82, 2.24) is 60.1 Å². The lowest BCUT2D eigenvalue weighted by molar-refractivity contribution is -0.00158. The Hall–Kier alpha value is -3.59. The average Bonchev–Trinajstić information content (AvgIpc) is 1.04. The molecule has 26 heteroatoms. The van der Waals surface area contributed by atoms with Gasteiger partial charge in [-0.15, -0.1) is 49.6 Å². The standard InChI is InChI=1S/2C19H30N4O2.2C14H28N2O.C5H4N2O2.4ClH/c2*1-2-25-16-7-5-11-23(14-16)13-15-6-3-4-8-17(15)22-19(24)18-12-20-9-10-21-18;2*1-2-17-13-7-5-9-16(11-13)10-12-6-3-4-8-14(12)15;8-5(9)4-3-6-1-2-7-4;;;;/h2*9-10,12,15-17H,2-8,11,13-14H2,1H3,(H,22,24);2*12-14H,2-11,15H2,1H3;1-3H,(H,8,9);4*1H/t15-,16+,17+;15-,16-,17+;12-,13+,14+;12-,13-,14+;;;;;/m0101...../s1. The molecule has 0 aromatic carbocycles. The quantitative estimate of drug-likeness (QED) is 0.0663. The lowest BCUT2D eigenvalue weighted by Gasteiger charge is -2.39. The van der Waals surface area contributed by atoms with Crippen molar-refractivity contribution in [3.63, 3.8) is 0 Å². The molecule has 2 amide bonds. The first-order chi connectivity index (χ1) is 45.4. The van der Waals surface area contributed by atoms with E-state index in [1.807, 2.05) is 0 Å². The van der Waals surface area contributed by atoms with E-state index < -0.39 is 5.97 Å².